The maximum Gasteiger partial charge on any atom is 0.327 e. The number of hydrogen-bond acceptors (Lipinski definition) is 7. The van der Waals surface area contributed by atoms with Gasteiger partial charge in [-0.25, -0.2) is 0 Å². The summed E-state index contributed by atoms with van der Waals surface area (Å²) in [6.07, 6.45) is 3.18. The third-order valence-electron chi connectivity index (χ3n) is 3.01. The molecule has 1 aromatic heterocycles. The Kier molecular flexibility index (Phi) is 5.50. The third-order valence-corrected chi connectivity index (χ3v) is 3.01. The first-order chi connectivity index (χ1) is 11.5. The zero-order chi connectivity index (χ0) is 17.5. The van der Waals surface area contributed by atoms with Gasteiger partial charge in [0.1, 0.15) is 24.5 Å². The highest BCUT2D eigenvalue weighted by Crippen LogP contribution is 2.39. The Hall–Kier alpha value is -3.36. The van der Waals surface area contributed by atoms with E-state index in [1.165, 1.54) is 19.2 Å². The van der Waals surface area contributed by atoms with Crippen molar-refractivity contribution < 1.29 is 23.9 Å². The normalized spacial score (nSPS) is 10.0. The number of hydrogen-bond donors (Lipinski definition) is 1. The molecule has 0 aliphatic carbocycles. The molecule has 2 rings (SSSR count). The molecule has 126 valence electrons. The van der Waals surface area contributed by atoms with E-state index in [0.717, 1.165) is 0 Å². The zero-order valence-corrected chi connectivity index (χ0v) is 12.8. The molecule has 0 saturated heterocycles. The summed E-state index contributed by atoms with van der Waals surface area (Å²) in [5.74, 6) is -0.351. The number of amides is 1. The zero-order valence-electron chi connectivity index (χ0n) is 12.8. The molecule has 0 atom stereocenters. The number of ether oxygens (including phenoxy) is 3. The van der Waals surface area contributed by atoms with Crippen LogP contribution in [-0.2, 0) is 0 Å². The average molecular weight is 333 g/mol. The predicted molar refractivity (Wildman–Crippen MR) is 83.4 cm³/mol. The van der Waals surface area contributed by atoms with Gasteiger partial charge in [-0.05, 0) is 24.3 Å². The van der Waals surface area contributed by atoms with E-state index in [9.17, 15) is 14.9 Å². The fraction of sp³-hybridized carbons (Fsp3) is 0.200. The van der Waals surface area contributed by atoms with E-state index < -0.39 is 16.5 Å². The molecule has 2 aromatic rings. The molecule has 9 heteroatoms. The molecule has 1 heterocycles. The van der Waals surface area contributed by atoms with Gasteiger partial charge in [0.05, 0.1) is 12.0 Å². The lowest BCUT2D eigenvalue weighted by molar-refractivity contribution is -0.386. The monoisotopic (exact) mass is 333 g/mol. The number of nitro benzene ring substituents is 1. The van der Waals surface area contributed by atoms with Crippen molar-refractivity contribution in [3.05, 3.63) is 52.3 Å². The summed E-state index contributed by atoms with van der Waals surface area (Å²) in [7, 11) is 1.24. The average Bonchev–Trinajstić information content (AvgIpc) is 2.58. The van der Waals surface area contributed by atoms with Crippen molar-refractivity contribution in [2.24, 2.45) is 5.73 Å². The highest BCUT2D eigenvalue weighted by Gasteiger charge is 2.28. The highest BCUT2D eigenvalue weighted by molar-refractivity contribution is 5.98. The Morgan fingerprint density at radius 1 is 1.21 bits per heavy atom. The van der Waals surface area contributed by atoms with Crippen LogP contribution in [0, 0.1) is 10.1 Å². The molecule has 0 radical (unpaired) electrons. The van der Waals surface area contributed by atoms with Crippen LogP contribution in [0.4, 0.5) is 5.69 Å². The second-order valence-corrected chi connectivity index (χ2v) is 4.49. The molecule has 0 aliphatic heterocycles. The molecular weight excluding hydrogens is 318 g/mol. The van der Waals surface area contributed by atoms with Gasteiger partial charge in [-0.15, -0.1) is 0 Å². The first kappa shape index (κ1) is 17.0. The second kappa shape index (κ2) is 7.77. The largest absolute Gasteiger partial charge is 0.490 e. The van der Waals surface area contributed by atoms with Crippen LogP contribution in [0.25, 0.3) is 0 Å². The van der Waals surface area contributed by atoms with Gasteiger partial charge >= 0.3 is 5.69 Å². The van der Waals surface area contributed by atoms with Crippen molar-refractivity contribution in [1.82, 2.24) is 4.98 Å². The van der Waals surface area contributed by atoms with Crippen LogP contribution in [0.15, 0.2) is 36.7 Å². The number of primary amides is 1. The summed E-state index contributed by atoms with van der Waals surface area (Å²) in [4.78, 5) is 25.7. The number of benzene rings is 1. The van der Waals surface area contributed by atoms with E-state index in [1.807, 2.05) is 0 Å². The van der Waals surface area contributed by atoms with E-state index in [-0.39, 0.29) is 30.3 Å². The van der Waals surface area contributed by atoms with Gasteiger partial charge in [-0.1, -0.05) is 0 Å². The fourth-order valence-corrected chi connectivity index (χ4v) is 1.99. The standard InChI is InChI=1S/C15H15N3O6/c1-22-14-12(3-2-11(15(16)19)13(14)18(20)21)24-9-8-23-10-4-6-17-7-5-10/h2-7H,8-9H2,1H3,(H2,16,19). The Balaban J connectivity index is 2.11. The number of carbonyl (C=O) groups is 1. The first-order valence-corrected chi connectivity index (χ1v) is 6.85. The van der Waals surface area contributed by atoms with Gasteiger partial charge in [0, 0.05) is 12.4 Å². The van der Waals surface area contributed by atoms with Gasteiger partial charge < -0.3 is 19.9 Å². The van der Waals surface area contributed by atoms with Crippen LogP contribution in [0.1, 0.15) is 10.4 Å². The van der Waals surface area contributed by atoms with Gasteiger partial charge in [0.25, 0.3) is 5.91 Å². The van der Waals surface area contributed by atoms with Crippen LogP contribution >= 0.6 is 0 Å². The smallest absolute Gasteiger partial charge is 0.327 e. The summed E-state index contributed by atoms with van der Waals surface area (Å²) >= 11 is 0. The second-order valence-electron chi connectivity index (χ2n) is 4.49. The van der Waals surface area contributed by atoms with E-state index in [4.69, 9.17) is 19.9 Å². The molecule has 0 aliphatic rings. The Labute approximate surface area is 137 Å². The lowest BCUT2D eigenvalue weighted by Gasteiger charge is -2.12. The van der Waals surface area contributed by atoms with Crippen molar-refractivity contribution in [2.45, 2.75) is 0 Å². The van der Waals surface area contributed by atoms with E-state index >= 15 is 0 Å². The quantitative estimate of drug-likeness (QED) is 0.441. The summed E-state index contributed by atoms with van der Waals surface area (Å²) in [5.41, 5.74) is 4.36. The van der Waals surface area contributed by atoms with Gasteiger partial charge in [-0.2, -0.15) is 0 Å². The number of nitro groups is 1. The Morgan fingerprint density at radius 3 is 2.46 bits per heavy atom. The number of methoxy groups -OCH3 is 1. The predicted octanol–water partition coefficient (Wildman–Crippen LogP) is 1.56. The van der Waals surface area contributed by atoms with Crippen LogP contribution in [0.2, 0.25) is 0 Å². The summed E-state index contributed by atoms with van der Waals surface area (Å²) in [5, 5.41) is 11.2. The number of nitrogens with zero attached hydrogens (tertiary/aromatic N) is 2. The lowest BCUT2D eigenvalue weighted by atomic mass is 10.1. The number of aromatic nitrogens is 1. The summed E-state index contributed by atoms with van der Waals surface area (Å²) in [6.45, 7) is 0.324. The number of rotatable bonds is 8. The van der Waals surface area contributed by atoms with E-state index in [2.05, 4.69) is 4.98 Å². The molecule has 0 saturated carbocycles. The number of pyridine rings is 1. The Bertz CT molecular complexity index is 735. The van der Waals surface area contributed by atoms with Crippen LogP contribution in [-0.4, -0.2) is 36.1 Å². The van der Waals surface area contributed by atoms with Crippen molar-refractivity contribution in [2.75, 3.05) is 20.3 Å². The van der Waals surface area contributed by atoms with Gasteiger partial charge in [-0.3, -0.25) is 19.9 Å². The molecule has 24 heavy (non-hydrogen) atoms. The molecule has 0 fully saturated rings. The third kappa shape index (κ3) is 3.88. The highest BCUT2D eigenvalue weighted by atomic mass is 16.6. The molecular formula is C15H15N3O6. The van der Waals surface area contributed by atoms with E-state index in [1.54, 1.807) is 24.5 Å². The minimum Gasteiger partial charge on any atom is -0.490 e. The lowest BCUT2D eigenvalue weighted by Crippen LogP contribution is -2.15. The first-order valence-electron chi connectivity index (χ1n) is 6.85. The van der Waals surface area contributed by atoms with Crippen molar-refractivity contribution in [3.63, 3.8) is 0 Å². The topological polar surface area (TPSA) is 127 Å². The summed E-state index contributed by atoms with van der Waals surface area (Å²) in [6, 6.07) is 5.99. The maximum absolute atomic E-state index is 11.3. The molecule has 0 bridgehead atoms. The molecule has 0 unspecified atom stereocenters. The van der Waals surface area contributed by atoms with E-state index in [0.29, 0.717) is 5.75 Å². The van der Waals surface area contributed by atoms with Crippen molar-refractivity contribution in [3.8, 4) is 17.2 Å². The van der Waals surface area contributed by atoms with Crippen molar-refractivity contribution in [1.29, 1.82) is 0 Å². The minimum atomic E-state index is -0.924. The minimum absolute atomic E-state index is 0.117. The fourth-order valence-electron chi connectivity index (χ4n) is 1.99. The molecule has 9 nitrogen and oxygen atoms in total. The van der Waals surface area contributed by atoms with Crippen LogP contribution in [0.5, 0.6) is 17.2 Å². The SMILES string of the molecule is COc1c(OCCOc2ccncc2)ccc(C(N)=O)c1[N+](=O)[O-]. The van der Waals surface area contributed by atoms with Gasteiger partial charge in [0.15, 0.2) is 5.75 Å². The molecule has 2 N–H and O–H groups in total. The molecule has 0 spiro atoms. The number of nitrogens with two attached hydrogens (primary N) is 1. The molecule has 1 aromatic carbocycles. The van der Waals surface area contributed by atoms with Crippen LogP contribution < -0.4 is 19.9 Å². The van der Waals surface area contributed by atoms with Crippen molar-refractivity contribution >= 4 is 11.6 Å². The number of carbonyl (C=O) groups excluding carboxylic acids is 1. The Morgan fingerprint density at radius 2 is 1.88 bits per heavy atom. The van der Waals surface area contributed by atoms with Crippen LogP contribution in [0.3, 0.4) is 0 Å². The van der Waals surface area contributed by atoms with Gasteiger partial charge in [0.2, 0.25) is 5.75 Å². The summed E-state index contributed by atoms with van der Waals surface area (Å²) < 4.78 is 15.9. The molecule has 1 amide bonds. The maximum atomic E-state index is 11.3.